The molecule has 0 atom stereocenters. The zero-order valence-corrected chi connectivity index (χ0v) is 9.60. The summed E-state index contributed by atoms with van der Waals surface area (Å²) in [4.78, 5) is 10.4. The maximum absolute atomic E-state index is 10.4. The van der Waals surface area contributed by atoms with Crippen LogP contribution in [0.4, 0.5) is 0 Å². The van der Waals surface area contributed by atoms with E-state index in [0.717, 1.165) is 5.56 Å². The van der Waals surface area contributed by atoms with E-state index < -0.39 is 5.97 Å². The van der Waals surface area contributed by atoms with Crippen molar-refractivity contribution >= 4 is 29.2 Å². The number of aryl methyl sites for hydroxylation is 1. The number of aliphatic carboxylic acids is 1. The minimum absolute atomic E-state index is 0.0360. The normalized spacial score (nSPS) is 10.1. The number of methoxy groups -OCH3 is 1. The second-order valence-corrected chi connectivity index (χ2v) is 3.79. The SMILES string of the molecule is COc1cc(Cl)c(Cl)cc1CCC(=O)O. The molecule has 5 heteroatoms. The topological polar surface area (TPSA) is 46.5 Å². The van der Waals surface area contributed by atoms with E-state index in [-0.39, 0.29) is 6.42 Å². The molecular formula is C10H10Cl2O3. The molecule has 0 heterocycles. The number of hydrogen-bond donors (Lipinski definition) is 1. The molecule has 0 aliphatic heterocycles. The van der Waals surface area contributed by atoms with Crippen LogP contribution in [0, 0.1) is 0 Å². The standard InChI is InChI=1S/C10H10Cl2O3/c1-15-9-5-8(12)7(11)4-6(9)2-3-10(13)14/h4-5H,2-3H2,1H3,(H,13,14). The monoisotopic (exact) mass is 248 g/mol. The van der Waals surface area contributed by atoms with E-state index in [1.807, 2.05) is 0 Å². The van der Waals surface area contributed by atoms with Crippen molar-refractivity contribution in [1.82, 2.24) is 0 Å². The van der Waals surface area contributed by atoms with Gasteiger partial charge in [-0.2, -0.15) is 0 Å². The maximum Gasteiger partial charge on any atom is 0.303 e. The molecule has 0 aromatic heterocycles. The predicted octanol–water partition coefficient (Wildman–Crippen LogP) is 3.02. The van der Waals surface area contributed by atoms with Crippen molar-refractivity contribution in [2.45, 2.75) is 12.8 Å². The summed E-state index contributed by atoms with van der Waals surface area (Å²) in [6.07, 6.45) is 0.406. The van der Waals surface area contributed by atoms with Gasteiger partial charge in [0.25, 0.3) is 0 Å². The fourth-order valence-corrected chi connectivity index (χ4v) is 1.54. The molecule has 1 aromatic rings. The second-order valence-electron chi connectivity index (χ2n) is 2.97. The lowest BCUT2D eigenvalue weighted by atomic mass is 10.1. The van der Waals surface area contributed by atoms with E-state index in [1.54, 1.807) is 12.1 Å². The lowest BCUT2D eigenvalue weighted by Crippen LogP contribution is -1.99. The zero-order valence-electron chi connectivity index (χ0n) is 8.09. The third-order valence-electron chi connectivity index (χ3n) is 1.93. The van der Waals surface area contributed by atoms with Crippen LogP contribution in [0.2, 0.25) is 10.0 Å². The quantitative estimate of drug-likeness (QED) is 0.892. The summed E-state index contributed by atoms with van der Waals surface area (Å²) in [5, 5.41) is 9.36. The van der Waals surface area contributed by atoms with Gasteiger partial charge in [-0.3, -0.25) is 4.79 Å². The molecule has 15 heavy (non-hydrogen) atoms. The van der Waals surface area contributed by atoms with Crippen LogP contribution in [0.25, 0.3) is 0 Å². The number of hydrogen-bond acceptors (Lipinski definition) is 2. The highest BCUT2D eigenvalue weighted by Crippen LogP contribution is 2.31. The molecule has 0 saturated heterocycles. The van der Waals surface area contributed by atoms with Crippen molar-refractivity contribution in [3.05, 3.63) is 27.7 Å². The molecule has 0 aliphatic rings. The van der Waals surface area contributed by atoms with Crippen LogP contribution < -0.4 is 4.74 Å². The molecule has 0 fully saturated rings. The molecule has 0 amide bonds. The van der Waals surface area contributed by atoms with Gasteiger partial charge in [0.2, 0.25) is 0 Å². The van der Waals surface area contributed by atoms with Crippen molar-refractivity contribution < 1.29 is 14.6 Å². The number of carboxylic acid groups (broad SMARTS) is 1. The Morgan fingerprint density at radius 1 is 1.40 bits per heavy atom. The van der Waals surface area contributed by atoms with Crippen LogP contribution in [-0.4, -0.2) is 18.2 Å². The van der Waals surface area contributed by atoms with Crippen LogP contribution in [-0.2, 0) is 11.2 Å². The van der Waals surface area contributed by atoms with Crippen LogP contribution in [0.1, 0.15) is 12.0 Å². The van der Waals surface area contributed by atoms with Gasteiger partial charge in [-0.15, -0.1) is 0 Å². The average Bonchev–Trinajstić information content (AvgIpc) is 2.19. The predicted molar refractivity (Wildman–Crippen MR) is 59.0 cm³/mol. The number of halogens is 2. The van der Waals surface area contributed by atoms with Crippen LogP contribution in [0.3, 0.4) is 0 Å². The van der Waals surface area contributed by atoms with Gasteiger partial charge in [0, 0.05) is 12.5 Å². The number of carbonyl (C=O) groups is 1. The molecule has 0 unspecified atom stereocenters. The van der Waals surface area contributed by atoms with Gasteiger partial charge in [-0.05, 0) is 18.1 Å². The van der Waals surface area contributed by atoms with Gasteiger partial charge >= 0.3 is 5.97 Å². The molecule has 1 rings (SSSR count). The number of benzene rings is 1. The zero-order chi connectivity index (χ0) is 11.4. The van der Waals surface area contributed by atoms with Crippen molar-refractivity contribution in [2.75, 3.05) is 7.11 Å². The Hall–Kier alpha value is -0.930. The molecule has 0 bridgehead atoms. The van der Waals surface area contributed by atoms with E-state index in [1.165, 1.54) is 7.11 Å². The summed E-state index contributed by atoms with van der Waals surface area (Å²) >= 11 is 11.6. The molecule has 1 aromatic carbocycles. The van der Waals surface area contributed by atoms with Crippen molar-refractivity contribution in [3.63, 3.8) is 0 Å². The molecule has 0 saturated carbocycles. The highest BCUT2D eigenvalue weighted by atomic mass is 35.5. The first kappa shape index (κ1) is 12.1. The lowest BCUT2D eigenvalue weighted by Gasteiger charge is -2.08. The highest BCUT2D eigenvalue weighted by molar-refractivity contribution is 6.42. The minimum atomic E-state index is -0.858. The first-order valence-corrected chi connectivity index (χ1v) is 5.04. The fourth-order valence-electron chi connectivity index (χ4n) is 1.20. The summed E-state index contributed by atoms with van der Waals surface area (Å²) < 4.78 is 5.08. The van der Waals surface area contributed by atoms with Crippen molar-refractivity contribution in [1.29, 1.82) is 0 Å². The summed E-state index contributed by atoms with van der Waals surface area (Å²) in [6, 6.07) is 3.22. The number of ether oxygens (including phenoxy) is 1. The number of rotatable bonds is 4. The minimum Gasteiger partial charge on any atom is -0.496 e. The van der Waals surface area contributed by atoms with Crippen molar-refractivity contribution in [3.8, 4) is 5.75 Å². The van der Waals surface area contributed by atoms with Crippen LogP contribution in [0.5, 0.6) is 5.75 Å². The average molecular weight is 249 g/mol. The van der Waals surface area contributed by atoms with Crippen LogP contribution >= 0.6 is 23.2 Å². The maximum atomic E-state index is 10.4. The Kier molecular flexibility index (Phi) is 4.24. The van der Waals surface area contributed by atoms with Gasteiger partial charge in [0.1, 0.15) is 5.75 Å². The second kappa shape index (κ2) is 5.24. The Morgan fingerprint density at radius 2 is 2.00 bits per heavy atom. The van der Waals surface area contributed by atoms with E-state index in [9.17, 15) is 4.79 Å². The number of carboxylic acids is 1. The Balaban J connectivity index is 2.94. The van der Waals surface area contributed by atoms with Gasteiger partial charge in [-0.25, -0.2) is 0 Å². The van der Waals surface area contributed by atoms with E-state index in [2.05, 4.69) is 0 Å². The Bertz CT molecular complexity index is 377. The fraction of sp³-hybridized carbons (Fsp3) is 0.300. The first-order valence-electron chi connectivity index (χ1n) is 4.28. The lowest BCUT2D eigenvalue weighted by molar-refractivity contribution is -0.136. The van der Waals surface area contributed by atoms with Crippen molar-refractivity contribution in [2.24, 2.45) is 0 Å². The summed E-state index contributed by atoms with van der Waals surface area (Å²) in [6.45, 7) is 0. The Labute approximate surface area is 97.6 Å². The van der Waals surface area contributed by atoms with Crippen LogP contribution in [0.15, 0.2) is 12.1 Å². The van der Waals surface area contributed by atoms with E-state index >= 15 is 0 Å². The molecular weight excluding hydrogens is 239 g/mol. The largest absolute Gasteiger partial charge is 0.496 e. The van der Waals surface area contributed by atoms with E-state index in [4.69, 9.17) is 33.0 Å². The molecule has 1 N–H and O–H groups in total. The highest BCUT2D eigenvalue weighted by Gasteiger charge is 2.09. The van der Waals surface area contributed by atoms with Gasteiger partial charge in [-0.1, -0.05) is 23.2 Å². The summed E-state index contributed by atoms with van der Waals surface area (Å²) in [5.41, 5.74) is 0.745. The third kappa shape index (κ3) is 3.29. The smallest absolute Gasteiger partial charge is 0.303 e. The summed E-state index contributed by atoms with van der Waals surface area (Å²) in [7, 11) is 1.50. The Morgan fingerprint density at radius 3 is 2.53 bits per heavy atom. The molecule has 0 spiro atoms. The van der Waals surface area contributed by atoms with Gasteiger partial charge < -0.3 is 9.84 Å². The van der Waals surface area contributed by atoms with Gasteiger partial charge in [0.05, 0.1) is 17.2 Å². The summed E-state index contributed by atoms with van der Waals surface area (Å²) in [5.74, 6) is -0.297. The molecule has 0 aliphatic carbocycles. The molecule has 0 radical (unpaired) electrons. The molecule has 3 nitrogen and oxygen atoms in total. The molecule has 82 valence electrons. The first-order chi connectivity index (χ1) is 7.04. The van der Waals surface area contributed by atoms with Gasteiger partial charge in [0.15, 0.2) is 0 Å². The van der Waals surface area contributed by atoms with E-state index in [0.29, 0.717) is 22.2 Å². The third-order valence-corrected chi connectivity index (χ3v) is 2.65.